The number of aliphatic carboxylic acids is 2. The van der Waals surface area contributed by atoms with Crippen molar-refractivity contribution in [3.05, 3.63) is 54.1 Å². The molecule has 7 heteroatoms. The van der Waals surface area contributed by atoms with Gasteiger partial charge in [0, 0.05) is 18.3 Å². The van der Waals surface area contributed by atoms with Crippen molar-refractivity contribution in [3.63, 3.8) is 0 Å². The molecule has 0 spiro atoms. The van der Waals surface area contributed by atoms with Gasteiger partial charge < -0.3 is 20.9 Å². The molecule has 1 aromatic carbocycles. The van der Waals surface area contributed by atoms with E-state index in [1.54, 1.807) is 18.3 Å². The molecule has 1 aromatic heterocycles. The van der Waals surface area contributed by atoms with Crippen molar-refractivity contribution in [2.45, 2.75) is 18.9 Å². The standard InChI is InChI=1S/C8H8O2.C6H9N3O2/c9-8(10)6-7-4-2-1-3-5-7;7-5(6(10)11)1-4-2-8-3-9-4/h1-5H,6H2,(H,9,10);2-3,5H,1,7H2,(H,8,9)(H,10,11). The Morgan fingerprint density at radius 2 is 1.90 bits per heavy atom. The first-order valence-electron chi connectivity index (χ1n) is 6.20. The van der Waals surface area contributed by atoms with E-state index in [9.17, 15) is 9.59 Å². The first-order valence-corrected chi connectivity index (χ1v) is 6.20. The van der Waals surface area contributed by atoms with Gasteiger partial charge in [0.05, 0.1) is 12.7 Å². The largest absolute Gasteiger partial charge is 0.481 e. The molecule has 0 bridgehead atoms. The Hall–Kier alpha value is -2.67. The Labute approximate surface area is 121 Å². The number of rotatable bonds is 5. The second-order valence-corrected chi connectivity index (χ2v) is 4.28. The molecule has 2 rings (SSSR count). The minimum atomic E-state index is -1.00. The van der Waals surface area contributed by atoms with E-state index < -0.39 is 18.0 Å². The first kappa shape index (κ1) is 16.4. The van der Waals surface area contributed by atoms with Crippen LogP contribution in [0.15, 0.2) is 42.9 Å². The van der Waals surface area contributed by atoms with Crippen LogP contribution >= 0.6 is 0 Å². The molecule has 1 heterocycles. The van der Waals surface area contributed by atoms with Crippen LogP contribution in [0.25, 0.3) is 0 Å². The minimum Gasteiger partial charge on any atom is -0.481 e. The lowest BCUT2D eigenvalue weighted by molar-refractivity contribution is -0.138. The fraction of sp³-hybridized carbons (Fsp3) is 0.214. The van der Waals surface area contributed by atoms with Crippen molar-refractivity contribution in [1.82, 2.24) is 9.97 Å². The van der Waals surface area contributed by atoms with Gasteiger partial charge in [-0.3, -0.25) is 9.59 Å². The van der Waals surface area contributed by atoms with Gasteiger partial charge in [-0.15, -0.1) is 0 Å². The summed E-state index contributed by atoms with van der Waals surface area (Å²) in [7, 11) is 0. The summed E-state index contributed by atoms with van der Waals surface area (Å²) in [6, 6.07) is 8.28. The second-order valence-electron chi connectivity index (χ2n) is 4.28. The van der Waals surface area contributed by atoms with Gasteiger partial charge >= 0.3 is 11.9 Å². The Balaban J connectivity index is 0.000000211. The van der Waals surface area contributed by atoms with Crippen LogP contribution in [0, 0.1) is 0 Å². The minimum absolute atomic E-state index is 0.112. The molecular formula is C14H17N3O4. The molecule has 0 aliphatic heterocycles. The first-order chi connectivity index (χ1) is 9.99. The summed E-state index contributed by atoms with van der Waals surface area (Å²) in [6.07, 6.45) is 3.45. The third-order valence-electron chi connectivity index (χ3n) is 2.51. The van der Waals surface area contributed by atoms with Crippen LogP contribution in [-0.4, -0.2) is 38.2 Å². The van der Waals surface area contributed by atoms with Gasteiger partial charge in [-0.25, -0.2) is 4.98 Å². The number of carbonyl (C=O) groups is 2. The van der Waals surface area contributed by atoms with E-state index in [-0.39, 0.29) is 12.8 Å². The predicted octanol–water partition coefficient (Wildman–Crippen LogP) is 0.678. The molecule has 0 fully saturated rings. The van der Waals surface area contributed by atoms with Crippen LogP contribution in [0.1, 0.15) is 11.3 Å². The molecule has 0 radical (unpaired) electrons. The van der Waals surface area contributed by atoms with Gasteiger partial charge in [0.15, 0.2) is 0 Å². The van der Waals surface area contributed by atoms with E-state index in [4.69, 9.17) is 15.9 Å². The molecule has 7 nitrogen and oxygen atoms in total. The monoisotopic (exact) mass is 291 g/mol. The Bertz CT molecular complexity index is 555. The van der Waals surface area contributed by atoms with Crippen molar-refractivity contribution in [3.8, 4) is 0 Å². The summed E-state index contributed by atoms with van der Waals surface area (Å²) >= 11 is 0. The number of H-pyrrole nitrogens is 1. The fourth-order valence-corrected chi connectivity index (χ4v) is 1.49. The van der Waals surface area contributed by atoms with E-state index in [0.29, 0.717) is 0 Å². The van der Waals surface area contributed by atoms with Crippen molar-refractivity contribution >= 4 is 11.9 Å². The van der Waals surface area contributed by atoms with E-state index >= 15 is 0 Å². The number of aromatic amines is 1. The number of imidazole rings is 1. The van der Waals surface area contributed by atoms with Crippen LogP contribution in [-0.2, 0) is 22.4 Å². The highest BCUT2D eigenvalue weighted by molar-refractivity contribution is 5.73. The van der Waals surface area contributed by atoms with Gasteiger partial charge in [-0.2, -0.15) is 0 Å². The molecule has 2 aromatic rings. The zero-order valence-corrected chi connectivity index (χ0v) is 11.3. The van der Waals surface area contributed by atoms with E-state index in [0.717, 1.165) is 11.3 Å². The Morgan fingerprint density at radius 3 is 2.38 bits per heavy atom. The lowest BCUT2D eigenvalue weighted by atomic mass is 10.2. The van der Waals surface area contributed by atoms with Crippen molar-refractivity contribution in [2.24, 2.45) is 5.73 Å². The molecule has 0 aliphatic carbocycles. The molecule has 1 unspecified atom stereocenters. The Kier molecular flexibility index (Phi) is 6.62. The number of nitrogens with two attached hydrogens (primary N) is 1. The average molecular weight is 291 g/mol. The summed E-state index contributed by atoms with van der Waals surface area (Å²) in [6.45, 7) is 0. The maximum Gasteiger partial charge on any atom is 0.320 e. The summed E-state index contributed by atoms with van der Waals surface area (Å²) in [5.41, 5.74) is 6.84. The summed E-state index contributed by atoms with van der Waals surface area (Å²) < 4.78 is 0. The molecule has 21 heavy (non-hydrogen) atoms. The maximum atomic E-state index is 10.3. The smallest absolute Gasteiger partial charge is 0.320 e. The average Bonchev–Trinajstić information content (AvgIpc) is 2.92. The number of carboxylic acid groups (broad SMARTS) is 2. The molecule has 0 saturated carbocycles. The topological polar surface area (TPSA) is 129 Å². The zero-order valence-electron chi connectivity index (χ0n) is 11.3. The molecule has 1 atom stereocenters. The van der Waals surface area contributed by atoms with Crippen LogP contribution in [0.4, 0.5) is 0 Å². The maximum absolute atomic E-state index is 10.3. The second kappa shape index (κ2) is 8.49. The quantitative estimate of drug-likeness (QED) is 0.641. The summed E-state index contributed by atoms with van der Waals surface area (Å²) in [5.74, 6) is -1.79. The lowest BCUT2D eigenvalue weighted by Gasteiger charge is -2.02. The number of nitrogens with one attached hydrogen (secondary N) is 1. The third kappa shape index (κ3) is 6.88. The molecule has 0 aliphatic rings. The van der Waals surface area contributed by atoms with E-state index in [1.807, 2.05) is 18.2 Å². The predicted molar refractivity (Wildman–Crippen MR) is 75.7 cm³/mol. The number of nitrogens with zero attached hydrogens (tertiary/aromatic N) is 1. The lowest BCUT2D eigenvalue weighted by Crippen LogP contribution is -2.32. The summed E-state index contributed by atoms with van der Waals surface area (Å²) in [5, 5.41) is 16.8. The van der Waals surface area contributed by atoms with Gasteiger partial charge in [-0.1, -0.05) is 30.3 Å². The number of benzene rings is 1. The molecule has 5 N–H and O–H groups in total. The number of aromatic nitrogens is 2. The van der Waals surface area contributed by atoms with Crippen molar-refractivity contribution < 1.29 is 19.8 Å². The molecule has 112 valence electrons. The van der Waals surface area contributed by atoms with Crippen LogP contribution in [0.2, 0.25) is 0 Å². The molecule has 0 saturated heterocycles. The number of hydrogen-bond acceptors (Lipinski definition) is 4. The van der Waals surface area contributed by atoms with Gasteiger partial charge in [0.2, 0.25) is 0 Å². The van der Waals surface area contributed by atoms with Crippen LogP contribution in [0.5, 0.6) is 0 Å². The zero-order chi connectivity index (χ0) is 15.7. The van der Waals surface area contributed by atoms with Crippen molar-refractivity contribution in [2.75, 3.05) is 0 Å². The van der Waals surface area contributed by atoms with Gasteiger partial charge in [-0.05, 0) is 5.56 Å². The normalized spacial score (nSPS) is 11.1. The highest BCUT2D eigenvalue weighted by Crippen LogP contribution is 1.98. The summed E-state index contributed by atoms with van der Waals surface area (Å²) in [4.78, 5) is 26.9. The highest BCUT2D eigenvalue weighted by Gasteiger charge is 2.12. The molecular weight excluding hydrogens is 274 g/mol. The van der Waals surface area contributed by atoms with Gasteiger partial charge in [0.1, 0.15) is 6.04 Å². The van der Waals surface area contributed by atoms with Gasteiger partial charge in [0.25, 0.3) is 0 Å². The number of hydrogen-bond donors (Lipinski definition) is 4. The third-order valence-corrected chi connectivity index (χ3v) is 2.51. The Morgan fingerprint density at radius 1 is 1.24 bits per heavy atom. The fourth-order valence-electron chi connectivity index (χ4n) is 1.49. The SMILES string of the molecule is NC(Cc1cnc[nH]1)C(=O)O.O=C(O)Cc1ccccc1. The van der Waals surface area contributed by atoms with Crippen LogP contribution < -0.4 is 5.73 Å². The molecule has 0 amide bonds. The van der Waals surface area contributed by atoms with E-state index in [2.05, 4.69) is 9.97 Å². The van der Waals surface area contributed by atoms with E-state index in [1.165, 1.54) is 6.33 Å². The van der Waals surface area contributed by atoms with Crippen LogP contribution in [0.3, 0.4) is 0 Å². The highest BCUT2D eigenvalue weighted by atomic mass is 16.4. The van der Waals surface area contributed by atoms with Crippen molar-refractivity contribution in [1.29, 1.82) is 0 Å². The number of carboxylic acids is 2.